The molecule has 0 radical (unpaired) electrons. The first kappa shape index (κ1) is 10.8. The molecule has 0 bridgehead atoms. The molecule has 0 unspecified atom stereocenters. The lowest BCUT2D eigenvalue weighted by atomic mass is 10.2. The highest BCUT2D eigenvalue weighted by Crippen LogP contribution is 2.34. The molecule has 1 nitrogen and oxygen atoms in total. The van der Waals surface area contributed by atoms with Crippen LogP contribution in [0.15, 0.2) is 22.5 Å². The fourth-order valence-electron chi connectivity index (χ4n) is 1.17. The van der Waals surface area contributed by atoms with Gasteiger partial charge in [-0.15, -0.1) is 11.3 Å². The summed E-state index contributed by atoms with van der Waals surface area (Å²) in [7, 11) is 0. The Bertz CT molecular complexity index is 490. The molecule has 0 aliphatic heterocycles. The van der Waals surface area contributed by atoms with E-state index in [1.165, 1.54) is 29.2 Å². The van der Waals surface area contributed by atoms with Crippen LogP contribution in [0.3, 0.4) is 0 Å². The average Bonchev–Trinajstić information content (AvgIpc) is 2.57. The van der Waals surface area contributed by atoms with E-state index in [0.717, 1.165) is 21.2 Å². The van der Waals surface area contributed by atoms with Crippen LogP contribution in [0, 0.1) is 0 Å². The van der Waals surface area contributed by atoms with E-state index in [1.54, 1.807) is 0 Å². The zero-order chi connectivity index (χ0) is 11.1. The van der Waals surface area contributed by atoms with Crippen molar-refractivity contribution in [2.75, 3.05) is 6.26 Å². The van der Waals surface area contributed by atoms with E-state index in [0.29, 0.717) is 5.52 Å². The number of nitrogens with zero attached hydrogens (tertiary/aromatic N) is 1. The van der Waals surface area contributed by atoms with Crippen LogP contribution in [-0.4, -0.2) is 11.2 Å². The SMILES string of the molecule is CSc1nc2cc(C(F)(F)F)ccc2s1. The highest BCUT2D eigenvalue weighted by Gasteiger charge is 2.30. The van der Waals surface area contributed by atoms with Crippen molar-refractivity contribution < 1.29 is 13.2 Å². The van der Waals surface area contributed by atoms with E-state index in [9.17, 15) is 13.2 Å². The summed E-state index contributed by atoms with van der Waals surface area (Å²) in [5.41, 5.74) is -0.230. The number of hydrogen-bond donors (Lipinski definition) is 0. The standard InChI is InChI=1S/C9H6F3NS2/c1-14-8-13-6-4-5(9(10,11)12)2-3-7(6)15-8/h2-4H,1H3. The molecule has 2 aromatic rings. The van der Waals surface area contributed by atoms with Gasteiger partial charge in [0, 0.05) is 0 Å². The van der Waals surface area contributed by atoms with Crippen molar-refractivity contribution in [3.63, 3.8) is 0 Å². The monoisotopic (exact) mass is 249 g/mol. The van der Waals surface area contributed by atoms with Gasteiger partial charge in [0.2, 0.25) is 0 Å². The summed E-state index contributed by atoms with van der Waals surface area (Å²) >= 11 is 2.84. The second-order valence-electron chi connectivity index (χ2n) is 2.86. The van der Waals surface area contributed by atoms with Crippen molar-refractivity contribution in [3.05, 3.63) is 23.8 Å². The third kappa shape index (κ3) is 2.10. The van der Waals surface area contributed by atoms with Crippen LogP contribution in [0.25, 0.3) is 10.2 Å². The van der Waals surface area contributed by atoms with Crippen LogP contribution in [0.1, 0.15) is 5.56 Å². The number of thiazole rings is 1. The van der Waals surface area contributed by atoms with E-state index in [1.807, 2.05) is 6.26 Å². The van der Waals surface area contributed by atoms with Gasteiger partial charge in [0.05, 0.1) is 15.8 Å². The molecule has 0 atom stereocenters. The number of fused-ring (bicyclic) bond motifs is 1. The van der Waals surface area contributed by atoms with Gasteiger partial charge in [-0.25, -0.2) is 4.98 Å². The third-order valence-electron chi connectivity index (χ3n) is 1.87. The second-order valence-corrected chi connectivity index (χ2v) is 4.95. The summed E-state index contributed by atoms with van der Waals surface area (Å²) in [5, 5.41) is 0. The normalized spacial score (nSPS) is 12.3. The van der Waals surface area contributed by atoms with Crippen LogP contribution in [-0.2, 0) is 6.18 Å². The zero-order valence-corrected chi connectivity index (χ0v) is 9.26. The minimum Gasteiger partial charge on any atom is -0.230 e. The van der Waals surface area contributed by atoms with Gasteiger partial charge in [0.1, 0.15) is 0 Å². The van der Waals surface area contributed by atoms with Gasteiger partial charge in [0.15, 0.2) is 4.34 Å². The Morgan fingerprint density at radius 2 is 2.07 bits per heavy atom. The molecule has 6 heteroatoms. The molecular formula is C9H6F3NS2. The molecule has 1 heterocycles. The number of thioether (sulfide) groups is 1. The van der Waals surface area contributed by atoms with Crippen molar-refractivity contribution >= 4 is 33.3 Å². The molecule has 0 amide bonds. The Labute approximate surface area is 92.3 Å². The van der Waals surface area contributed by atoms with Crippen molar-refractivity contribution in [1.29, 1.82) is 0 Å². The van der Waals surface area contributed by atoms with Crippen LogP contribution < -0.4 is 0 Å². The molecule has 0 saturated carbocycles. The maximum atomic E-state index is 12.4. The molecule has 0 spiro atoms. The minimum atomic E-state index is -4.29. The summed E-state index contributed by atoms with van der Waals surface area (Å²) in [6, 6.07) is 3.64. The van der Waals surface area contributed by atoms with Gasteiger partial charge in [-0.2, -0.15) is 13.2 Å². The Balaban J connectivity index is 2.55. The first-order valence-electron chi connectivity index (χ1n) is 4.02. The van der Waals surface area contributed by atoms with Crippen LogP contribution in [0.2, 0.25) is 0 Å². The molecule has 0 saturated heterocycles. The van der Waals surface area contributed by atoms with Gasteiger partial charge in [-0.1, -0.05) is 11.8 Å². The molecule has 0 aliphatic carbocycles. The maximum Gasteiger partial charge on any atom is 0.416 e. The highest BCUT2D eigenvalue weighted by atomic mass is 32.2. The first-order chi connectivity index (χ1) is 7.00. The van der Waals surface area contributed by atoms with Gasteiger partial charge < -0.3 is 0 Å². The quantitative estimate of drug-likeness (QED) is 0.707. The number of rotatable bonds is 1. The lowest BCUT2D eigenvalue weighted by molar-refractivity contribution is -0.137. The average molecular weight is 249 g/mol. The zero-order valence-electron chi connectivity index (χ0n) is 7.63. The lowest BCUT2D eigenvalue weighted by Gasteiger charge is -2.04. The molecule has 0 aliphatic rings. The van der Waals surface area contributed by atoms with E-state index in [2.05, 4.69) is 4.98 Å². The molecular weight excluding hydrogens is 243 g/mol. The van der Waals surface area contributed by atoms with Crippen molar-refractivity contribution in [1.82, 2.24) is 4.98 Å². The van der Waals surface area contributed by atoms with E-state index in [-0.39, 0.29) is 0 Å². The summed E-state index contributed by atoms with van der Waals surface area (Å²) in [4.78, 5) is 4.09. The molecule has 15 heavy (non-hydrogen) atoms. The van der Waals surface area contributed by atoms with Crippen LogP contribution >= 0.6 is 23.1 Å². The number of alkyl halides is 3. The third-order valence-corrected chi connectivity index (χ3v) is 3.89. The predicted molar refractivity (Wildman–Crippen MR) is 56.4 cm³/mol. The largest absolute Gasteiger partial charge is 0.416 e. The van der Waals surface area contributed by atoms with Crippen LogP contribution in [0.5, 0.6) is 0 Å². The summed E-state index contributed by atoms with van der Waals surface area (Å²) in [6.45, 7) is 0. The lowest BCUT2D eigenvalue weighted by Crippen LogP contribution is -2.03. The van der Waals surface area contributed by atoms with Gasteiger partial charge >= 0.3 is 6.18 Å². The Hall–Kier alpha value is -0.750. The molecule has 80 valence electrons. The molecule has 1 aromatic heterocycles. The molecule has 0 N–H and O–H groups in total. The Morgan fingerprint density at radius 3 is 2.67 bits per heavy atom. The maximum absolute atomic E-state index is 12.4. The second kappa shape index (κ2) is 3.68. The van der Waals surface area contributed by atoms with E-state index >= 15 is 0 Å². The van der Waals surface area contributed by atoms with Gasteiger partial charge in [0.25, 0.3) is 0 Å². The Kier molecular flexibility index (Phi) is 2.64. The Morgan fingerprint density at radius 1 is 1.33 bits per heavy atom. The fraction of sp³-hybridized carbons (Fsp3) is 0.222. The fourth-order valence-corrected chi connectivity index (χ4v) is 2.64. The summed E-state index contributed by atoms with van der Waals surface area (Å²) in [5.74, 6) is 0. The van der Waals surface area contributed by atoms with Crippen molar-refractivity contribution in [2.45, 2.75) is 10.5 Å². The molecule has 1 aromatic carbocycles. The van der Waals surface area contributed by atoms with Crippen LogP contribution in [0.4, 0.5) is 13.2 Å². The van der Waals surface area contributed by atoms with Gasteiger partial charge in [-0.3, -0.25) is 0 Å². The van der Waals surface area contributed by atoms with Crippen molar-refractivity contribution in [2.24, 2.45) is 0 Å². The summed E-state index contributed by atoms with van der Waals surface area (Å²) < 4.78 is 38.7. The minimum absolute atomic E-state index is 0.416. The summed E-state index contributed by atoms with van der Waals surface area (Å²) in [6.07, 6.45) is -2.44. The highest BCUT2D eigenvalue weighted by molar-refractivity contribution is 8.00. The first-order valence-corrected chi connectivity index (χ1v) is 6.06. The number of halogens is 3. The smallest absolute Gasteiger partial charge is 0.230 e. The number of benzene rings is 1. The number of aromatic nitrogens is 1. The molecule has 0 fully saturated rings. The van der Waals surface area contributed by atoms with E-state index in [4.69, 9.17) is 0 Å². The van der Waals surface area contributed by atoms with Crippen molar-refractivity contribution in [3.8, 4) is 0 Å². The molecule has 2 rings (SSSR count). The number of hydrogen-bond acceptors (Lipinski definition) is 3. The van der Waals surface area contributed by atoms with Gasteiger partial charge in [-0.05, 0) is 24.5 Å². The topological polar surface area (TPSA) is 12.9 Å². The van der Waals surface area contributed by atoms with E-state index < -0.39 is 11.7 Å². The predicted octanol–water partition coefficient (Wildman–Crippen LogP) is 4.04.